The summed E-state index contributed by atoms with van der Waals surface area (Å²) in [6.07, 6.45) is 0.475. The number of nitrogens with zero attached hydrogens (tertiary/aromatic N) is 1. The van der Waals surface area contributed by atoms with Gasteiger partial charge in [0.1, 0.15) is 0 Å². The zero-order valence-electron chi connectivity index (χ0n) is 8.78. The minimum atomic E-state index is -0.387. The summed E-state index contributed by atoms with van der Waals surface area (Å²) in [6.45, 7) is 6.81. The molecule has 1 amide bonds. The molecule has 5 heteroatoms. The zero-order chi connectivity index (χ0) is 10.4. The van der Waals surface area contributed by atoms with Crippen LogP contribution in [0.15, 0.2) is 0 Å². The van der Waals surface area contributed by atoms with Crippen molar-refractivity contribution in [3.8, 4) is 0 Å². The maximum absolute atomic E-state index is 11.4. The molecule has 0 aromatic rings. The lowest BCUT2D eigenvalue weighted by atomic mass is 10.4. The third-order valence-electron chi connectivity index (χ3n) is 1.91. The summed E-state index contributed by atoms with van der Waals surface area (Å²) in [5.41, 5.74) is 0. The lowest BCUT2D eigenvalue weighted by molar-refractivity contribution is -0.270. The first-order valence-corrected chi connectivity index (χ1v) is 5.03. The topological polar surface area (TPSA) is 50.8 Å². The number of nitrogens with one attached hydrogen (secondary N) is 1. The molecule has 0 aromatic carbocycles. The number of hydrogen-bond donors (Lipinski definition) is 1. The van der Waals surface area contributed by atoms with Gasteiger partial charge in [-0.15, -0.1) is 0 Å². The molecule has 0 radical (unpaired) electrons. The van der Waals surface area contributed by atoms with Gasteiger partial charge >= 0.3 is 6.09 Å². The number of carbonyl (C=O) groups excluding carboxylic acids is 1. The van der Waals surface area contributed by atoms with Crippen LogP contribution in [-0.2, 0) is 9.78 Å². The lowest BCUT2D eigenvalue weighted by Gasteiger charge is -2.18. The number of rotatable bonds is 2. The standard InChI is InChI=1S/C9H18N2O3/c1-8(2)13-14-9(12)11-6-3-4-10-5-7-11/h8,10H,3-7H2,1-2H3. The van der Waals surface area contributed by atoms with Gasteiger partial charge in [0.25, 0.3) is 0 Å². The Bertz CT molecular complexity index is 177. The monoisotopic (exact) mass is 202 g/mol. The average molecular weight is 202 g/mol. The van der Waals surface area contributed by atoms with Crippen molar-refractivity contribution < 1.29 is 14.6 Å². The van der Waals surface area contributed by atoms with Crippen molar-refractivity contribution >= 4 is 6.09 Å². The third kappa shape index (κ3) is 3.93. The largest absolute Gasteiger partial charge is 0.441 e. The molecule has 1 saturated heterocycles. The fourth-order valence-electron chi connectivity index (χ4n) is 1.22. The van der Waals surface area contributed by atoms with Crippen molar-refractivity contribution in [1.29, 1.82) is 0 Å². The van der Waals surface area contributed by atoms with Gasteiger partial charge in [0.05, 0.1) is 6.10 Å². The van der Waals surface area contributed by atoms with Crippen LogP contribution >= 0.6 is 0 Å². The van der Waals surface area contributed by atoms with Crippen LogP contribution in [0.25, 0.3) is 0 Å². The molecule has 14 heavy (non-hydrogen) atoms. The van der Waals surface area contributed by atoms with E-state index in [2.05, 4.69) is 10.2 Å². The van der Waals surface area contributed by atoms with Gasteiger partial charge in [-0.05, 0) is 26.8 Å². The summed E-state index contributed by atoms with van der Waals surface area (Å²) >= 11 is 0. The Labute approximate surface area is 84.3 Å². The normalized spacial score (nSPS) is 18.1. The molecule has 0 spiro atoms. The van der Waals surface area contributed by atoms with Crippen LogP contribution in [0.4, 0.5) is 4.79 Å². The van der Waals surface area contributed by atoms with E-state index in [1.54, 1.807) is 4.90 Å². The minimum absolute atomic E-state index is 0.0935. The predicted molar refractivity (Wildman–Crippen MR) is 51.8 cm³/mol. The van der Waals surface area contributed by atoms with Crippen LogP contribution in [0.1, 0.15) is 20.3 Å². The minimum Gasteiger partial charge on any atom is -0.315 e. The molecule has 0 saturated carbocycles. The van der Waals surface area contributed by atoms with Gasteiger partial charge in [-0.1, -0.05) is 0 Å². The van der Waals surface area contributed by atoms with Crippen LogP contribution in [0.2, 0.25) is 0 Å². The lowest BCUT2D eigenvalue weighted by Crippen LogP contribution is -2.35. The quantitative estimate of drug-likeness (QED) is 0.530. The molecule has 0 aromatic heterocycles. The first-order valence-electron chi connectivity index (χ1n) is 5.03. The van der Waals surface area contributed by atoms with E-state index in [1.807, 2.05) is 13.8 Å². The first-order chi connectivity index (χ1) is 6.70. The summed E-state index contributed by atoms with van der Waals surface area (Å²) in [5.74, 6) is 0. The van der Waals surface area contributed by atoms with E-state index < -0.39 is 0 Å². The SMILES string of the molecule is CC(C)OOC(=O)N1CCCNCC1. The molecular formula is C9H18N2O3. The van der Waals surface area contributed by atoms with Crippen LogP contribution in [0.5, 0.6) is 0 Å². The molecule has 1 aliphatic rings. The van der Waals surface area contributed by atoms with Gasteiger partial charge in [0, 0.05) is 19.6 Å². The third-order valence-corrected chi connectivity index (χ3v) is 1.91. The van der Waals surface area contributed by atoms with E-state index in [9.17, 15) is 4.79 Å². The number of amides is 1. The predicted octanol–water partition coefficient (Wildman–Crippen LogP) is 0.758. The van der Waals surface area contributed by atoms with Gasteiger partial charge in [0.15, 0.2) is 0 Å². The Morgan fingerprint density at radius 1 is 1.36 bits per heavy atom. The summed E-state index contributed by atoms with van der Waals surface area (Å²) in [7, 11) is 0. The molecular weight excluding hydrogens is 184 g/mol. The zero-order valence-corrected chi connectivity index (χ0v) is 8.78. The second kappa shape index (κ2) is 5.82. The van der Waals surface area contributed by atoms with Crippen molar-refractivity contribution in [2.24, 2.45) is 0 Å². The van der Waals surface area contributed by atoms with Gasteiger partial charge in [0.2, 0.25) is 0 Å². The Morgan fingerprint density at radius 3 is 2.86 bits per heavy atom. The van der Waals surface area contributed by atoms with E-state index in [0.29, 0.717) is 6.54 Å². The highest BCUT2D eigenvalue weighted by Gasteiger charge is 2.17. The fraction of sp³-hybridized carbons (Fsp3) is 0.889. The van der Waals surface area contributed by atoms with Gasteiger partial charge in [-0.3, -0.25) is 4.89 Å². The molecule has 0 bridgehead atoms. The summed E-state index contributed by atoms with van der Waals surface area (Å²) in [5, 5.41) is 3.21. The van der Waals surface area contributed by atoms with Gasteiger partial charge in [-0.25, -0.2) is 4.79 Å². The summed E-state index contributed by atoms with van der Waals surface area (Å²) < 4.78 is 0. The molecule has 5 nitrogen and oxygen atoms in total. The van der Waals surface area contributed by atoms with Crippen molar-refractivity contribution in [3.63, 3.8) is 0 Å². The Balaban J connectivity index is 2.27. The van der Waals surface area contributed by atoms with E-state index in [0.717, 1.165) is 26.1 Å². The first kappa shape index (κ1) is 11.3. The maximum atomic E-state index is 11.4. The fourth-order valence-corrected chi connectivity index (χ4v) is 1.22. The van der Waals surface area contributed by atoms with Crippen LogP contribution in [0.3, 0.4) is 0 Å². The van der Waals surface area contributed by atoms with E-state index in [1.165, 1.54) is 0 Å². The molecule has 1 fully saturated rings. The highest BCUT2D eigenvalue weighted by molar-refractivity contribution is 5.66. The number of carbonyl (C=O) groups is 1. The molecule has 0 aliphatic carbocycles. The molecule has 82 valence electrons. The second-order valence-electron chi connectivity index (χ2n) is 3.58. The Kier molecular flexibility index (Phi) is 4.69. The van der Waals surface area contributed by atoms with Crippen molar-refractivity contribution in [2.45, 2.75) is 26.4 Å². The average Bonchev–Trinajstić information content (AvgIpc) is 2.42. The number of hydrogen-bond acceptors (Lipinski definition) is 4. The molecule has 1 heterocycles. The second-order valence-corrected chi connectivity index (χ2v) is 3.58. The molecule has 0 atom stereocenters. The Morgan fingerprint density at radius 2 is 2.14 bits per heavy atom. The highest BCUT2D eigenvalue weighted by Crippen LogP contribution is 2.00. The molecule has 1 rings (SSSR count). The molecule has 1 aliphatic heterocycles. The van der Waals surface area contributed by atoms with Gasteiger partial charge < -0.3 is 10.2 Å². The van der Waals surface area contributed by atoms with Crippen molar-refractivity contribution in [2.75, 3.05) is 26.2 Å². The van der Waals surface area contributed by atoms with Crippen LogP contribution in [-0.4, -0.2) is 43.3 Å². The van der Waals surface area contributed by atoms with Gasteiger partial charge in [-0.2, -0.15) is 4.89 Å². The van der Waals surface area contributed by atoms with E-state index in [-0.39, 0.29) is 12.2 Å². The van der Waals surface area contributed by atoms with Crippen molar-refractivity contribution in [3.05, 3.63) is 0 Å². The Hall–Kier alpha value is -0.810. The highest BCUT2D eigenvalue weighted by atomic mass is 17.2. The smallest absolute Gasteiger partial charge is 0.315 e. The van der Waals surface area contributed by atoms with E-state index in [4.69, 9.17) is 4.89 Å². The summed E-state index contributed by atoms with van der Waals surface area (Å²) in [6, 6.07) is 0. The van der Waals surface area contributed by atoms with Crippen LogP contribution < -0.4 is 5.32 Å². The summed E-state index contributed by atoms with van der Waals surface area (Å²) in [4.78, 5) is 22.5. The van der Waals surface area contributed by atoms with Crippen LogP contribution in [0, 0.1) is 0 Å². The van der Waals surface area contributed by atoms with Crippen molar-refractivity contribution in [1.82, 2.24) is 10.2 Å². The molecule has 0 unspecified atom stereocenters. The van der Waals surface area contributed by atoms with E-state index >= 15 is 0 Å². The molecule has 1 N–H and O–H groups in total. The maximum Gasteiger partial charge on any atom is 0.441 e.